The van der Waals surface area contributed by atoms with Crippen molar-refractivity contribution in [3.05, 3.63) is 83.6 Å². The third-order valence-corrected chi connectivity index (χ3v) is 6.38. The SMILES string of the molecule is Cc1ccccc1S(=O)(=O)Nc1ccc(N2CCc3ccccc3C2)nc1. The van der Waals surface area contributed by atoms with Crippen molar-refractivity contribution in [1.29, 1.82) is 0 Å². The molecule has 1 aliphatic rings. The number of nitrogens with one attached hydrogen (secondary N) is 1. The number of hydrogen-bond acceptors (Lipinski definition) is 4. The van der Waals surface area contributed by atoms with Crippen LogP contribution >= 0.6 is 0 Å². The van der Waals surface area contributed by atoms with Gasteiger partial charge in [-0.15, -0.1) is 0 Å². The predicted octanol–water partition coefficient (Wildman–Crippen LogP) is 3.75. The summed E-state index contributed by atoms with van der Waals surface area (Å²) in [6.07, 6.45) is 2.56. The van der Waals surface area contributed by atoms with E-state index in [1.165, 1.54) is 11.1 Å². The van der Waals surface area contributed by atoms with Crippen LogP contribution < -0.4 is 9.62 Å². The molecular formula is C21H21N3O2S. The van der Waals surface area contributed by atoms with E-state index >= 15 is 0 Å². The number of benzene rings is 2. The molecular weight excluding hydrogens is 358 g/mol. The maximum atomic E-state index is 12.6. The number of aryl methyl sites for hydroxylation is 1. The van der Waals surface area contributed by atoms with Gasteiger partial charge in [0.1, 0.15) is 5.82 Å². The Hall–Kier alpha value is -2.86. The molecule has 6 heteroatoms. The maximum absolute atomic E-state index is 12.6. The van der Waals surface area contributed by atoms with Crippen LogP contribution in [0.1, 0.15) is 16.7 Å². The van der Waals surface area contributed by atoms with E-state index in [4.69, 9.17) is 0 Å². The highest BCUT2D eigenvalue weighted by Crippen LogP contribution is 2.24. The van der Waals surface area contributed by atoms with E-state index in [1.54, 1.807) is 37.4 Å². The van der Waals surface area contributed by atoms with Crippen molar-refractivity contribution in [1.82, 2.24) is 4.98 Å². The van der Waals surface area contributed by atoms with Gasteiger partial charge in [0.15, 0.2) is 0 Å². The van der Waals surface area contributed by atoms with Crippen LogP contribution in [-0.4, -0.2) is 19.9 Å². The summed E-state index contributed by atoms with van der Waals surface area (Å²) in [6, 6.07) is 19.0. The number of hydrogen-bond donors (Lipinski definition) is 1. The summed E-state index contributed by atoms with van der Waals surface area (Å²) in [6.45, 7) is 3.50. The molecule has 0 amide bonds. The van der Waals surface area contributed by atoms with Gasteiger partial charge in [0.05, 0.1) is 16.8 Å². The summed E-state index contributed by atoms with van der Waals surface area (Å²) in [7, 11) is -3.63. The molecule has 2 aromatic carbocycles. The zero-order chi connectivity index (χ0) is 18.9. The van der Waals surface area contributed by atoms with Crippen LogP contribution in [0.3, 0.4) is 0 Å². The monoisotopic (exact) mass is 379 g/mol. The Kier molecular flexibility index (Phi) is 4.58. The fourth-order valence-electron chi connectivity index (χ4n) is 3.39. The summed E-state index contributed by atoms with van der Waals surface area (Å²) < 4.78 is 27.8. The molecule has 5 nitrogen and oxygen atoms in total. The van der Waals surface area contributed by atoms with Crippen LogP contribution in [0.2, 0.25) is 0 Å². The van der Waals surface area contributed by atoms with E-state index in [-0.39, 0.29) is 4.90 Å². The lowest BCUT2D eigenvalue weighted by atomic mass is 10.00. The summed E-state index contributed by atoms with van der Waals surface area (Å²) in [5.74, 6) is 0.850. The molecule has 4 rings (SSSR count). The molecule has 138 valence electrons. The highest BCUT2D eigenvalue weighted by molar-refractivity contribution is 7.92. The van der Waals surface area contributed by atoms with E-state index in [0.717, 1.165) is 25.3 Å². The molecule has 2 heterocycles. The lowest BCUT2D eigenvalue weighted by Gasteiger charge is -2.29. The van der Waals surface area contributed by atoms with E-state index < -0.39 is 10.0 Å². The van der Waals surface area contributed by atoms with Crippen LogP contribution in [-0.2, 0) is 23.0 Å². The number of aromatic nitrogens is 1. The summed E-state index contributed by atoms with van der Waals surface area (Å²) in [4.78, 5) is 6.96. The average molecular weight is 379 g/mol. The summed E-state index contributed by atoms with van der Waals surface area (Å²) >= 11 is 0. The van der Waals surface area contributed by atoms with Gasteiger partial charge in [0, 0.05) is 13.1 Å². The second-order valence-electron chi connectivity index (χ2n) is 6.72. The maximum Gasteiger partial charge on any atom is 0.262 e. The minimum atomic E-state index is -3.63. The molecule has 27 heavy (non-hydrogen) atoms. The Balaban J connectivity index is 1.51. The second-order valence-corrected chi connectivity index (χ2v) is 8.37. The number of anilines is 2. The Morgan fingerprint density at radius 3 is 2.44 bits per heavy atom. The third-order valence-electron chi connectivity index (χ3n) is 4.84. The molecule has 3 aromatic rings. The summed E-state index contributed by atoms with van der Waals surface area (Å²) in [5, 5.41) is 0. The zero-order valence-corrected chi connectivity index (χ0v) is 15.9. The zero-order valence-electron chi connectivity index (χ0n) is 15.1. The molecule has 0 bridgehead atoms. The minimum Gasteiger partial charge on any atom is -0.352 e. The van der Waals surface area contributed by atoms with Crippen LogP contribution in [0.15, 0.2) is 71.8 Å². The number of rotatable bonds is 4. The number of pyridine rings is 1. The van der Waals surface area contributed by atoms with Crippen molar-refractivity contribution in [3.63, 3.8) is 0 Å². The van der Waals surface area contributed by atoms with Crippen molar-refractivity contribution >= 4 is 21.5 Å². The fourth-order valence-corrected chi connectivity index (χ4v) is 4.68. The largest absolute Gasteiger partial charge is 0.352 e. The average Bonchev–Trinajstić information content (AvgIpc) is 2.68. The Morgan fingerprint density at radius 2 is 1.70 bits per heavy atom. The quantitative estimate of drug-likeness (QED) is 0.750. The molecule has 0 aliphatic carbocycles. The molecule has 0 atom stereocenters. The number of sulfonamides is 1. The van der Waals surface area contributed by atoms with Crippen molar-refractivity contribution in [2.24, 2.45) is 0 Å². The first-order valence-corrected chi connectivity index (χ1v) is 10.4. The van der Waals surface area contributed by atoms with Crippen LogP contribution in [0, 0.1) is 6.92 Å². The highest BCUT2D eigenvalue weighted by Gasteiger charge is 2.19. The van der Waals surface area contributed by atoms with Gasteiger partial charge in [-0.25, -0.2) is 13.4 Å². The van der Waals surface area contributed by atoms with Crippen molar-refractivity contribution in [2.45, 2.75) is 24.8 Å². The first kappa shape index (κ1) is 17.5. The first-order chi connectivity index (χ1) is 13.0. The Morgan fingerprint density at radius 1 is 0.963 bits per heavy atom. The minimum absolute atomic E-state index is 0.279. The van der Waals surface area contributed by atoms with Crippen LogP contribution in [0.4, 0.5) is 11.5 Å². The molecule has 0 fully saturated rings. The lowest BCUT2D eigenvalue weighted by molar-refractivity contribution is 0.600. The molecule has 1 N–H and O–H groups in total. The molecule has 0 radical (unpaired) electrons. The van der Waals surface area contributed by atoms with Gasteiger partial charge in [0.2, 0.25) is 0 Å². The van der Waals surface area contributed by atoms with Gasteiger partial charge in [-0.3, -0.25) is 4.72 Å². The number of fused-ring (bicyclic) bond motifs is 1. The van der Waals surface area contributed by atoms with Gasteiger partial charge in [-0.2, -0.15) is 0 Å². The Labute approximate surface area is 159 Å². The molecule has 0 saturated carbocycles. The smallest absolute Gasteiger partial charge is 0.262 e. The van der Waals surface area contributed by atoms with E-state index in [0.29, 0.717) is 11.3 Å². The highest BCUT2D eigenvalue weighted by atomic mass is 32.2. The van der Waals surface area contributed by atoms with Gasteiger partial charge < -0.3 is 4.90 Å². The summed E-state index contributed by atoms with van der Waals surface area (Å²) in [5.41, 5.74) is 3.87. The third kappa shape index (κ3) is 3.66. The van der Waals surface area contributed by atoms with Gasteiger partial charge in [-0.05, 0) is 48.2 Å². The fraction of sp³-hybridized carbons (Fsp3) is 0.190. The predicted molar refractivity (Wildman–Crippen MR) is 107 cm³/mol. The van der Waals surface area contributed by atoms with Crippen LogP contribution in [0.5, 0.6) is 0 Å². The van der Waals surface area contributed by atoms with Gasteiger partial charge in [0.25, 0.3) is 10.0 Å². The molecule has 1 aliphatic heterocycles. The standard InChI is InChI=1S/C21H21N3O2S/c1-16-6-2-5-9-20(16)27(25,26)23-19-10-11-21(22-14-19)24-13-12-17-7-3-4-8-18(17)15-24/h2-11,14,23H,12-13,15H2,1H3. The number of nitrogens with zero attached hydrogens (tertiary/aromatic N) is 2. The molecule has 0 spiro atoms. The molecule has 0 saturated heterocycles. The molecule has 1 aromatic heterocycles. The topological polar surface area (TPSA) is 62.3 Å². The molecule has 0 unspecified atom stereocenters. The van der Waals surface area contributed by atoms with Gasteiger partial charge >= 0.3 is 0 Å². The van der Waals surface area contributed by atoms with E-state index in [1.807, 2.05) is 12.1 Å². The van der Waals surface area contributed by atoms with Crippen LogP contribution in [0.25, 0.3) is 0 Å². The van der Waals surface area contributed by atoms with Crippen molar-refractivity contribution < 1.29 is 8.42 Å². The van der Waals surface area contributed by atoms with Gasteiger partial charge in [-0.1, -0.05) is 42.5 Å². The normalized spacial score (nSPS) is 13.9. The van der Waals surface area contributed by atoms with E-state index in [9.17, 15) is 8.42 Å². The second kappa shape index (κ2) is 7.04. The first-order valence-electron chi connectivity index (χ1n) is 8.89. The lowest BCUT2D eigenvalue weighted by Crippen LogP contribution is -2.30. The van der Waals surface area contributed by atoms with Crippen molar-refractivity contribution in [3.8, 4) is 0 Å². The van der Waals surface area contributed by atoms with Crippen molar-refractivity contribution in [2.75, 3.05) is 16.2 Å². The Bertz CT molecular complexity index is 1060. The van der Waals surface area contributed by atoms with E-state index in [2.05, 4.69) is 38.9 Å².